The largest absolute Gasteiger partial charge is 0.392 e. The smallest absolute Gasteiger partial charge is 0.240 e. The van der Waals surface area contributed by atoms with Crippen LogP contribution in [0.5, 0.6) is 0 Å². The molecule has 0 saturated carbocycles. The normalized spacial score (nSPS) is 17.8. The summed E-state index contributed by atoms with van der Waals surface area (Å²) >= 11 is 1.53. The fourth-order valence-corrected chi connectivity index (χ4v) is 7.76. The molecule has 254 valence electrons. The Bertz CT molecular complexity index is 2110. The average Bonchev–Trinajstić information content (AvgIpc) is 3.66. The molecule has 1 fully saturated rings. The third-order valence-corrected chi connectivity index (χ3v) is 10.9. The molecule has 7 rings (SSSR count). The van der Waals surface area contributed by atoms with Crippen molar-refractivity contribution in [2.45, 2.75) is 48.1 Å². The molecule has 1 saturated heterocycles. The molecule has 5 aromatic carbocycles. The Labute approximate surface area is 295 Å². The zero-order valence-electron chi connectivity index (χ0n) is 26.9. The lowest BCUT2D eigenvalue weighted by Gasteiger charge is -2.36. The quantitative estimate of drug-likeness (QED) is 0.135. The van der Waals surface area contributed by atoms with Gasteiger partial charge in [0.05, 0.1) is 29.4 Å². The van der Waals surface area contributed by atoms with E-state index in [9.17, 15) is 13.5 Å². The molecular weight excluding hydrogens is 671 g/mol. The zero-order valence-corrected chi connectivity index (χ0v) is 28.6. The Morgan fingerprint density at radius 3 is 2.22 bits per heavy atom. The summed E-state index contributed by atoms with van der Waals surface area (Å²) in [7, 11) is -3.66. The van der Waals surface area contributed by atoms with E-state index in [1.807, 2.05) is 103 Å². The average molecular weight is 706 g/mol. The predicted octanol–water partition coefficient (Wildman–Crippen LogP) is 6.64. The van der Waals surface area contributed by atoms with E-state index in [2.05, 4.69) is 20.2 Å². The number of rotatable bonds is 12. The number of thioether (sulfide) groups is 1. The van der Waals surface area contributed by atoms with Crippen molar-refractivity contribution in [1.82, 2.24) is 24.9 Å². The van der Waals surface area contributed by atoms with Crippen molar-refractivity contribution in [3.05, 3.63) is 156 Å². The molecular formula is C38H35N5O5S2. The van der Waals surface area contributed by atoms with E-state index in [1.54, 1.807) is 35.0 Å². The summed E-state index contributed by atoms with van der Waals surface area (Å²) in [4.78, 5) is 0.225. The highest BCUT2D eigenvalue weighted by Gasteiger charge is 2.33. The molecule has 10 nitrogen and oxygen atoms in total. The van der Waals surface area contributed by atoms with Crippen molar-refractivity contribution >= 4 is 21.8 Å². The highest BCUT2D eigenvalue weighted by atomic mass is 32.2. The van der Waals surface area contributed by atoms with E-state index in [-0.39, 0.29) is 30.3 Å². The molecule has 2 heterocycles. The minimum Gasteiger partial charge on any atom is -0.392 e. The second-order valence-electron chi connectivity index (χ2n) is 11.8. The van der Waals surface area contributed by atoms with E-state index < -0.39 is 16.3 Å². The molecule has 0 radical (unpaired) electrons. The molecule has 0 amide bonds. The summed E-state index contributed by atoms with van der Waals surface area (Å²) < 4.78 is 43.4. The Kier molecular flexibility index (Phi) is 10.5. The fourth-order valence-electron chi connectivity index (χ4n) is 5.82. The van der Waals surface area contributed by atoms with Crippen molar-refractivity contribution in [1.29, 1.82) is 0 Å². The van der Waals surface area contributed by atoms with Gasteiger partial charge in [-0.15, -0.1) is 5.10 Å². The van der Waals surface area contributed by atoms with Gasteiger partial charge in [0.15, 0.2) is 6.29 Å². The maximum Gasteiger partial charge on any atom is 0.240 e. The van der Waals surface area contributed by atoms with Crippen molar-refractivity contribution in [3.63, 3.8) is 0 Å². The van der Waals surface area contributed by atoms with Crippen LogP contribution in [0.1, 0.15) is 41.1 Å². The van der Waals surface area contributed by atoms with Crippen LogP contribution in [-0.4, -0.2) is 45.6 Å². The molecule has 50 heavy (non-hydrogen) atoms. The first-order valence-corrected chi connectivity index (χ1v) is 18.6. The second kappa shape index (κ2) is 15.5. The molecule has 3 atom stereocenters. The lowest BCUT2D eigenvalue weighted by atomic mass is 9.98. The lowest BCUT2D eigenvalue weighted by molar-refractivity contribution is -0.245. The van der Waals surface area contributed by atoms with Crippen molar-refractivity contribution in [2.24, 2.45) is 0 Å². The van der Waals surface area contributed by atoms with Gasteiger partial charge in [0.25, 0.3) is 0 Å². The number of aliphatic hydroxyl groups is 1. The first kappa shape index (κ1) is 33.8. The first-order chi connectivity index (χ1) is 24.5. The minimum absolute atomic E-state index is 0.0265. The van der Waals surface area contributed by atoms with Gasteiger partial charge in [-0.2, -0.15) is 4.68 Å². The summed E-state index contributed by atoms with van der Waals surface area (Å²) in [6.07, 6.45) is -0.432. The summed E-state index contributed by atoms with van der Waals surface area (Å²) in [6.45, 7) is 0.120. The molecule has 0 unspecified atom stereocenters. The Balaban J connectivity index is 1.09. The first-order valence-electron chi connectivity index (χ1n) is 16.2. The van der Waals surface area contributed by atoms with Crippen LogP contribution in [0, 0.1) is 0 Å². The standard InChI is InChI=1S/C38H35N5O5S2/c44-25-27-15-17-29(18-16-27)36-23-33(26-49-38-40-41-42-43(38)32-10-3-1-4-11-32)47-37(48-36)30-21-19-28(20-22-30)35-14-8-7-9-31(35)24-39-50(45,46)34-12-5-2-6-13-34/h1-22,33,36-37,39,44H,23-26H2/t33-,36+,37+/m0/s1. The van der Waals surface area contributed by atoms with E-state index in [1.165, 1.54) is 11.8 Å². The van der Waals surface area contributed by atoms with E-state index >= 15 is 0 Å². The van der Waals surface area contributed by atoms with E-state index in [0.29, 0.717) is 17.3 Å². The van der Waals surface area contributed by atoms with Gasteiger partial charge in [0, 0.05) is 24.3 Å². The van der Waals surface area contributed by atoms with Crippen LogP contribution in [0.25, 0.3) is 16.8 Å². The van der Waals surface area contributed by atoms with Crippen LogP contribution in [0.4, 0.5) is 0 Å². The van der Waals surface area contributed by atoms with Gasteiger partial charge in [0.2, 0.25) is 15.2 Å². The second-order valence-corrected chi connectivity index (χ2v) is 14.5. The molecule has 6 aromatic rings. The number of aromatic nitrogens is 4. The number of aliphatic hydroxyl groups excluding tert-OH is 1. The molecule has 0 bridgehead atoms. The third kappa shape index (κ3) is 7.86. The van der Waals surface area contributed by atoms with Crippen LogP contribution >= 0.6 is 11.8 Å². The number of hydrogen-bond donors (Lipinski definition) is 2. The van der Waals surface area contributed by atoms with E-state index in [4.69, 9.17) is 9.47 Å². The number of benzene rings is 5. The van der Waals surface area contributed by atoms with Gasteiger partial charge in [-0.3, -0.25) is 0 Å². The summed E-state index contributed by atoms with van der Waals surface area (Å²) in [5.74, 6) is 0.600. The molecule has 1 aliphatic heterocycles. The van der Waals surface area contributed by atoms with Crippen molar-refractivity contribution in [3.8, 4) is 16.8 Å². The molecule has 1 aromatic heterocycles. The lowest BCUT2D eigenvalue weighted by Crippen LogP contribution is -2.31. The molecule has 0 spiro atoms. The maximum absolute atomic E-state index is 12.9. The van der Waals surface area contributed by atoms with Crippen molar-refractivity contribution in [2.75, 3.05) is 5.75 Å². The highest BCUT2D eigenvalue weighted by Crippen LogP contribution is 2.40. The van der Waals surface area contributed by atoms with Crippen molar-refractivity contribution < 1.29 is 23.0 Å². The third-order valence-electron chi connectivity index (χ3n) is 8.47. The number of sulfonamides is 1. The molecule has 0 aliphatic carbocycles. The van der Waals surface area contributed by atoms with Crippen LogP contribution in [0.3, 0.4) is 0 Å². The maximum atomic E-state index is 12.9. The number of nitrogens with zero attached hydrogens (tertiary/aromatic N) is 4. The van der Waals surface area contributed by atoms with Gasteiger partial charge in [0.1, 0.15) is 0 Å². The Morgan fingerprint density at radius 1 is 0.800 bits per heavy atom. The molecule has 1 aliphatic rings. The SMILES string of the molecule is O=S(=O)(NCc1ccccc1-c1ccc([C@@H]2O[C@H](CSc3nnnn3-c3ccccc3)C[C@H](c3ccc(CO)cc3)O2)cc1)c1ccccc1. The van der Waals surface area contributed by atoms with Gasteiger partial charge in [-0.25, -0.2) is 13.1 Å². The van der Waals surface area contributed by atoms with Gasteiger partial charge < -0.3 is 14.6 Å². The number of ether oxygens (including phenoxy) is 2. The van der Waals surface area contributed by atoms with E-state index in [0.717, 1.165) is 39.1 Å². The minimum atomic E-state index is -3.66. The summed E-state index contributed by atoms with van der Waals surface area (Å²) in [5.41, 5.74) is 6.29. The summed E-state index contributed by atoms with van der Waals surface area (Å²) in [5, 5.41) is 22.6. The molecule has 12 heteroatoms. The molecule has 2 N–H and O–H groups in total. The van der Waals surface area contributed by atoms with Crippen LogP contribution in [0.15, 0.2) is 144 Å². The number of hydrogen-bond acceptors (Lipinski definition) is 9. The summed E-state index contributed by atoms with van der Waals surface area (Å²) in [6, 6.07) is 41.6. The number of tetrazole rings is 1. The van der Waals surface area contributed by atoms with Gasteiger partial charge in [-0.1, -0.05) is 121 Å². The van der Waals surface area contributed by atoms with Gasteiger partial charge in [-0.05, 0) is 62.5 Å². The monoisotopic (exact) mass is 705 g/mol. The van der Waals surface area contributed by atoms with Crippen LogP contribution in [-0.2, 0) is 32.6 Å². The number of nitrogens with one attached hydrogen (secondary N) is 1. The van der Waals surface area contributed by atoms with Crippen LogP contribution in [0.2, 0.25) is 0 Å². The topological polar surface area (TPSA) is 128 Å². The Hall–Kier alpha value is -4.69. The predicted molar refractivity (Wildman–Crippen MR) is 191 cm³/mol. The van der Waals surface area contributed by atoms with Crippen LogP contribution < -0.4 is 4.72 Å². The number of para-hydroxylation sites is 1. The highest BCUT2D eigenvalue weighted by molar-refractivity contribution is 7.99. The Morgan fingerprint density at radius 2 is 1.48 bits per heavy atom. The van der Waals surface area contributed by atoms with Gasteiger partial charge >= 0.3 is 0 Å². The fraction of sp³-hybridized carbons (Fsp3) is 0.184. The zero-order chi connectivity index (χ0) is 34.3.